The van der Waals surface area contributed by atoms with Crippen molar-refractivity contribution < 1.29 is 19.0 Å². The highest BCUT2D eigenvalue weighted by molar-refractivity contribution is 6.05. The predicted molar refractivity (Wildman–Crippen MR) is 127 cm³/mol. The lowest BCUT2D eigenvalue weighted by Gasteiger charge is -2.22. The number of methoxy groups -OCH3 is 3. The van der Waals surface area contributed by atoms with Gasteiger partial charge in [0.2, 0.25) is 5.75 Å². The predicted octanol–water partition coefficient (Wildman–Crippen LogP) is 4.51. The second-order valence-electron chi connectivity index (χ2n) is 7.08. The van der Waals surface area contributed by atoms with E-state index < -0.39 is 0 Å². The highest BCUT2D eigenvalue weighted by atomic mass is 16.5. The molecule has 1 aliphatic rings. The monoisotopic (exact) mass is 433 g/mol. The molecule has 3 rings (SSSR count). The van der Waals surface area contributed by atoms with Crippen LogP contribution in [0.4, 0.5) is 5.69 Å². The molecule has 0 unspecified atom stereocenters. The Morgan fingerprint density at radius 3 is 2.38 bits per heavy atom. The molecule has 1 amide bonds. The molecule has 3 N–H and O–H groups in total. The van der Waals surface area contributed by atoms with Crippen molar-refractivity contribution in [1.82, 2.24) is 4.90 Å². The molecule has 2 aromatic rings. The van der Waals surface area contributed by atoms with Crippen LogP contribution in [0.2, 0.25) is 0 Å². The van der Waals surface area contributed by atoms with Crippen LogP contribution in [0, 0.1) is 0 Å². The zero-order valence-electron chi connectivity index (χ0n) is 18.6. The minimum Gasteiger partial charge on any atom is -0.493 e. The molecule has 7 heteroatoms. The van der Waals surface area contributed by atoms with Crippen LogP contribution in [0.5, 0.6) is 17.2 Å². The molecule has 0 radical (unpaired) electrons. The average Bonchev–Trinajstić information content (AvgIpc) is 2.81. The number of nitrogens with one attached hydrogen (secondary N) is 1. The molecular formula is C25H27N3O4. The van der Waals surface area contributed by atoms with E-state index in [1.165, 1.54) is 21.3 Å². The van der Waals surface area contributed by atoms with Crippen LogP contribution in [0.25, 0.3) is 5.70 Å². The van der Waals surface area contributed by atoms with Crippen molar-refractivity contribution in [2.45, 2.75) is 6.92 Å². The van der Waals surface area contributed by atoms with Gasteiger partial charge in [0.15, 0.2) is 11.5 Å². The molecule has 0 aromatic heterocycles. The van der Waals surface area contributed by atoms with E-state index in [1.807, 2.05) is 42.3 Å². The van der Waals surface area contributed by atoms with Crippen LogP contribution in [-0.2, 0) is 0 Å². The Morgan fingerprint density at radius 2 is 1.75 bits per heavy atom. The van der Waals surface area contributed by atoms with Gasteiger partial charge in [-0.1, -0.05) is 24.8 Å². The second-order valence-corrected chi connectivity index (χ2v) is 7.08. The largest absolute Gasteiger partial charge is 0.493 e. The first-order chi connectivity index (χ1) is 15.4. The number of hydrogen-bond donors (Lipinski definition) is 2. The van der Waals surface area contributed by atoms with Crippen LogP contribution in [-0.4, -0.2) is 32.1 Å². The third-order valence-electron chi connectivity index (χ3n) is 5.02. The van der Waals surface area contributed by atoms with Gasteiger partial charge in [-0.3, -0.25) is 4.79 Å². The maximum atomic E-state index is 12.9. The maximum Gasteiger partial charge on any atom is 0.255 e. The molecule has 0 fully saturated rings. The van der Waals surface area contributed by atoms with Crippen molar-refractivity contribution in [1.29, 1.82) is 0 Å². The summed E-state index contributed by atoms with van der Waals surface area (Å²) in [6.45, 7) is 6.06. The summed E-state index contributed by atoms with van der Waals surface area (Å²) >= 11 is 0. The molecule has 0 spiro atoms. The van der Waals surface area contributed by atoms with Gasteiger partial charge in [-0.2, -0.15) is 0 Å². The SMILES string of the molecule is C=C1C(C)=CC=CN1/C=C(\N)c1cccc(NC(=O)c2cc(OC)c(OC)c(OC)c2)c1. The summed E-state index contributed by atoms with van der Waals surface area (Å²) in [5.41, 5.74) is 10.5. The summed E-state index contributed by atoms with van der Waals surface area (Å²) in [5, 5.41) is 2.89. The normalized spacial score (nSPS) is 13.5. The maximum absolute atomic E-state index is 12.9. The number of rotatable bonds is 7. The fourth-order valence-corrected chi connectivity index (χ4v) is 3.21. The summed E-state index contributed by atoms with van der Waals surface area (Å²) in [5.74, 6) is 0.899. The third-order valence-corrected chi connectivity index (χ3v) is 5.02. The lowest BCUT2D eigenvalue weighted by atomic mass is 10.1. The number of carbonyl (C=O) groups excluding carboxylic acids is 1. The van der Waals surface area contributed by atoms with Gasteiger partial charge in [0.05, 0.1) is 27.0 Å². The summed E-state index contributed by atoms with van der Waals surface area (Å²) < 4.78 is 16.0. The highest BCUT2D eigenvalue weighted by Gasteiger charge is 2.17. The Morgan fingerprint density at radius 1 is 1.06 bits per heavy atom. The minimum atomic E-state index is -0.322. The number of benzene rings is 2. The lowest BCUT2D eigenvalue weighted by Crippen LogP contribution is -2.15. The molecule has 0 atom stereocenters. The third kappa shape index (κ3) is 4.78. The summed E-state index contributed by atoms with van der Waals surface area (Å²) in [4.78, 5) is 14.7. The molecule has 32 heavy (non-hydrogen) atoms. The average molecular weight is 434 g/mol. The standard InChI is InChI=1S/C25H27N3O4/c1-16-8-7-11-28(17(16)2)15-21(26)18-9-6-10-20(12-18)27-25(29)19-13-22(30-3)24(32-5)23(14-19)31-4/h6-15H,2,26H2,1,3-5H3,(H,27,29)/b21-15-. The van der Waals surface area contributed by atoms with E-state index in [-0.39, 0.29) is 5.91 Å². The molecular weight excluding hydrogens is 406 g/mol. The van der Waals surface area contributed by atoms with E-state index in [0.717, 1.165) is 16.8 Å². The molecule has 0 saturated carbocycles. The Labute approximate surface area is 188 Å². The number of nitrogens with zero attached hydrogens (tertiary/aromatic N) is 1. The number of ether oxygens (including phenoxy) is 3. The molecule has 1 heterocycles. The van der Waals surface area contributed by atoms with Crippen molar-refractivity contribution in [2.75, 3.05) is 26.6 Å². The Bertz CT molecular complexity index is 1110. The fraction of sp³-hybridized carbons (Fsp3) is 0.160. The molecule has 7 nitrogen and oxygen atoms in total. The molecule has 0 aliphatic carbocycles. The Balaban J connectivity index is 1.83. The molecule has 2 aromatic carbocycles. The number of allylic oxidation sites excluding steroid dienone is 3. The van der Waals surface area contributed by atoms with Gasteiger partial charge in [-0.05, 0) is 42.8 Å². The topological polar surface area (TPSA) is 86.1 Å². The zero-order chi connectivity index (χ0) is 23.3. The van der Waals surface area contributed by atoms with Crippen LogP contribution in [0.15, 0.2) is 78.8 Å². The van der Waals surface area contributed by atoms with E-state index in [1.54, 1.807) is 30.5 Å². The van der Waals surface area contributed by atoms with Crippen LogP contribution >= 0.6 is 0 Å². The second kappa shape index (κ2) is 9.78. The van der Waals surface area contributed by atoms with Crippen molar-refractivity contribution in [3.63, 3.8) is 0 Å². The van der Waals surface area contributed by atoms with E-state index in [9.17, 15) is 4.79 Å². The number of amides is 1. The number of nitrogens with two attached hydrogens (primary N) is 1. The quantitative estimate of drug-likeness (QED) is 0.668. The smallest absolute Gasteiger partial charge is 0.255 e. The van der Waals surface area contributed by atoms with Gasteiger partial charge in [-0.25, -0.2) is 0 Å². The van der Waals surface area contributed by atoms with E-state index >= 15 is 0 Å². The fourth-order valence-electron chi connectivity index (χ4n) is 3.21. The number of anilines is 1. The molecule has 166 valence electrons. The first kappa shape index (κ1) is 22.6. The minimum absolute atomic E-state index is 0.322. The Hall–Kier alpha value is -4.13. The molecule has 0 bridgehead atoms. The van der Waals surface area contributed by atoms with Gasteiger partial charge in [0, 0.05) is 34.9 Å². The first-order valence-electron chi connectivity index (χ1n) is 9.89. The van der Waals surface area contributed by atoms with Gasteiger partial charge in [0.1, 0.15) is 0 Å². The van der Waals surface area contributed by atoms with Crippen LogP contribution in [0.1, 0.15) is 22.8 Å². The van der Waals surface area contributed by atoms with Crippen molar-refractivity contribution in [3.05, 3.63) is 89.9 Å². The summed E-state index contributed by atoms with van der Waals surface area (Å²) in [7, 11) is 4.51. The number of hydrogen-bond acceptors (Lipinski definition) is 6. The van der Waals surface area contributed by atoms with Crippen LogP contribution in [0.3, 0.4) is 0 Å². The Kier molecular flexibility index (Phi) is 6.90. The van der Waals surface area contributed by atoms with Crippen molar-refractivity contribution >= 4 is 17.3 Å². The van der Waals surface area contributed by atoms with Gasteiger partial charge in [-0.15, -0.1) is 0 Å². The van der Waals surface area contributed by atoms with Gasteiger partial charge >= 0.3 is 0 Å². The summed E-state index contributed by atoms with van der Waals surface area (Å²) in [6, 6.07) is 10.5. The van der Waals surface area contributed by atoms with E-state index in [0.29, 0.717) is 34.2 Å². The van der Waals surface area contributed by atoms with Gasteiger partial charge < -0.3 is 30.2 Å². The van der Waals surface area contributed by atoms with Gasteiger partial charge in [0.25, 0.3) is 5.91 Å². The van der Waals surface area contributed by atoms with E-state index in [2.05, 4.69) is 11.9 Å². The molecule has 0 saturated heterocycles. The first-order valence-corrected chi connectivity index (χ1v) is 9.89. The zero-order valence-corrected chi connectivity index (χ0v) is 18.6. The van der Waals surface area contributed by atoms with E-state index in [4.69, 9.17) is 19.9 Å². The molecule has 1 aliphatic heterocycles. The van der Waals surface area contributed by atoms with Crippen molar-refractivity contribution in [2.24, 2.45) is 5.73 Å². The summed E-state index contributed by atoms with van der Waals surface area (Å²) in [6.07, 6.45) is 7.61. The number of carbonyl (C=O) groups is 1. The van der Waals surface area contributed by atoms with Crippen LogP contribution < -0.4 is 25.3 Å². The highest BCUT2D eigenvalue weighted by Crippen LogP contribution is 2.38. The lowest BCUT2D eigenvalue weighted by molar-refractivity contribution is 0.102. The van der Waals surface area contributed by atoms with Crippen molar-refractivity contribution in [3.8, 4) is 17.2 Å².